The summed E-state index contributed by atoms with van der Waals surface area (Å²) in [7, 11) is 0. The van der Waals surface area contributed by atoms with Crippen LogP contribution in [0.25, 0.3) is 0 Å². The van der Waals surface area contributed by atoms with Crippen molar-refractivity contribution in [3.63, 3.8) is 0 Å². The van der Waals surface area contributed by atoms with E-state index in [-0.39, 0.29) is 12.0 Å². The lowest BCUT2D eigenvalue weighted by molar-refractivity contribution is -0.0855. The number of ether oxygens (including phenoxy) is 2. The van der Waals surface area contributed by atoms with Crippen LogP contribution >= 0.6 is 38.5 Å². The maximum Gasteiger partial charge on any atom is 0.252 e. The Balaban J connectivity index is 1.92. The summed E-state index contributed by atoms with van der Waals surface area (Å²) in [6.45, 7) is 2.23. The summed E-state index contributed by atoms with van der Waals surface area (Å²) in [4.78, 5) is 12.0. The fourth-order valence-electron chi connectivity index (χ4n) is 1.63. The molecule has 1 fully saturated rings. The normalized spacial score (nSPS) is 19.6. The highest BCUT2D eigenvalue weighted by Gasteiger charge is 2.16. The van der Waals surface area contributed by atoms with Gasteiger partial charge in [-0.1, -0.05) is 0 Å². The molecule has 0 bridgehead atoms. The van der Waals surface area contributed by atoms with Crippen LogP contribution in [0.2, 0.25) is 0 Å². The van der Waals surface area contributed by atoms with E-state index in [0.29, 0.717) is 31.9 Å². The molecule has 1 aliphatic heterocycles. The second kappa shape index (κ2) is 6.83. The molecule has 1 N–H and O–H groups in total. The topological polar surface area (TPSA) is 47.6 Å². The van der Waals surface area contributed by atoms with Crippen LogP contribution in [0.4, 0.5) is 0 Å². The highest BCUT2D eigenvalue weighted by molar-refractivity contribution is 14.1. The Morgan fingerprint density at radius 3 is 3.06 bits per heavy atom. The van der Waals surface area contributed by atoms with Gasteiger partial charge in [-0.25, -0.2) is 0 Å². The third kappa shape index (κ3) is 3.91. The predicted octanol–water partition coefficient (Wildman–Crippen LogP) is 2.20. The van der Waals surface area contributed by atoms with E-state index in [2.05, 4.69) is 43.8 Å². The molecule has 18 heavy (non-hydrogen) atoms. The fourth-order valence-corrected chi connectivity index (χ4v) is 2.55. The van der Waals surface area contributed by atoms with Gasteiger partial charge in [0.15, 0.2) is 0 Å². The van der Waals surface area contributed by atoms with E-state index >= 15 is 0 Å². The van der Waals surface area contributed by atoms with Crippen LogP contribution in [-0.4, -0.2) is 38.4 Å². The maximum absolute atomic E-state index is 12.0. The molecule has 0 spiro atoms. The molecular weight excluding hydrogens is 413 g/mol. The first-order valence-corrected chi connectivity index (χ1v) is 7.46. The van der Waals surface area contributed by atoms with Crippen LogP contribution in [0.1, 0.15) is 10.4 Å². The molecule has 1 aromatic rings. The summed E-state index contributed by atoms with van der Waals surface area (Å²) in [5, 5.41) is 2.86. The number of carbonyl (C=O) groups is 1. The van der Waals surface area contributed by atoms with Crippen LogP contribution < -0.4 is 5.32 Å². The van der Waals surface area contributed by atoms with Crippen LogP contribution in [-0.2, 0) is 9.47 Å². The van der Waals surface area contributed by atoms with E-state index in [4.69, 9.17) is 9.47 Å². The van der Waals surface area contributed by atoms with Gasteiger partial charge >= 0.3 is 0 Å². The van der Waals surface area contributed by atoms with Gasteiger partial charge in [-0.2, -0.15) is 0 Å². The maximum atomic E-state index is 12.0. The average Bonchev–Trinajstić information content (AvgIpc) is 2.40. The minimum absolute atomic E-state index is 0.0516. The fraction of sp³-hybridized carbons (Fsp3) is 0.417. The minimum Gasteiger partial charge on any atom is -0.376 e. The summed E-state index contributed by atoms with van der Waals surface area (Å²) < 4.78 is 12.6. The standard InChI is InChI=1S/C12H13BrINO3/c13-11-2-1-8(14)5-10(11)12(16)15-6-9-7-17-3-4-18-9/h1-2,5,9H,3-4,6-7H2,(H,15,16). The van der Waals surface area contributed by atoms with Crippen LogP contribution in [0.3, 0.4) is 0 Å². The van der Waals surface area contributed by atoms with Gasteiger partial charge in [0.05, 0.1) is 31.5 Å². The molecule has 2 rings (SSSR count). The molecule has 4 nitrogen and oxygen atoms in total. The third-order valence-corrected chi connectivity index (χ3v) is 3.91. The van der Waals surface area contributed by atoms with Gasteiger partial charge in [0.2, 0.25) is 0 Å². The summed E-state index contributed by atoms with van der Waals surface area (Å²) in [6.07, 6.45) is -0.0516. The quantitative estimate of drug-likeness (QED) is 0.755. The van der Waals surface area contributed by atoms with Gasteiger partial charge in [-0.05, 0) is 56.7 Å². The number of amides is 1. The lowest BCUT2D eigenvalue weighted by atomic mass is 10.2. The first kappa shape index (κ1) is 14.2. The van der Waals surface area contributed by atoms with E-state index in [1.165, 1.54) is 0 Å². The number of halogens is 2. The second-order valence-electron chi connectivity index (χ2n) is 3.90. The lowest BCUT2D eigenvalue weighted by Gasteiger charge is -2.23. The number of benzene rings is 1. The van der Waals surface area contributed by atoms with Crippen molar-refractivity contribution in [2.24, 2.45) is 0 Å². The number of nitrogens with one attached hydrogen (secondary N) is 1. The number of hydrogen-bond acceptors (Lipinski definition) is 3. The molecule has 1 unspecified atom stereocenters. The zero-order valence-corrected chi connectivity index (χ0v) is 13.4. The largest absolute Gasteiger partial charge is 0.376 e. The monoisotopic (exact) mass is 425 g/mol. The highest BCUT2D eigenvalue weighted by Crippen LogP contribution is 2.19. The highest BCUT2D eigenvalue weighted by atomic mass is 127. The Morgan fingerprint density at radius 2 is 2.33 bits per heavy atom. The molecule has 98 valence electrons. The van der Waals surface area contributed by atoms with Crippen molar-refractivity contribution in [3.8, 4) is 0 Å². The molecule has 1 amide bonds. The van der Waals surface area contributed by atoms with Gasteiger partial charge in [0.25, 0.3) is 5.91 Å². The molecule has 1 aromatic carbocycles. The van der Waals surface area contributed by atoms with Crippen molar-refractivity contribution in [3.05, 3.63) is 31.8 Å². The smallest absolute Gasteiger partial charge is 0.252 e. The molecule has 0 radical (unpaired) electrons. The second-order valence-corrected chi connectivity index (χ2v) is 6.00. The van der Waals surface area contributed by atoms with Gasteiger partial charge in [-0.3, -0.25) is 4.79 Å². The Kier molecular flexibility index (Phi) is 5.40. The van der Waals surface area contributed by atoms with Gasteiger partial charge in [-0.15, -0.1) is 0 Å². The summed E-state index contributed by atoms with van der Waals surface area (Å²) in [5.41, 5.74) is 0.638. The molecule has 1 heterocycles. The molecule has 0 saturated carbocycles. The molecule has 1 saturated heterocycles. The first-order chi connectivity index (χ1) is 8.66. The van der Waals surface area contributed by atoms with Crippen molar-refractivity contribution < 1.29 is 14.3 Å². The molecule has 1 aliphatic rings. The van der Waals surface area contributed by atoms with E-state index in [1.807, 2.05) is 18.2 Å². The van der Waals surface area contributed by atoms with Gasteiger partial charge < -0.3 is 14.8 Å². The number of hydrogen-bond donors (Lipinski definition) is 1. The van der Waals surface area contributed by atoms with Crippen molar-refractivity contribution in [2.75, 3.05) is 26.4 Å². The Morgan fingerprint density at radius 1 is 1.50 bits per heavy atom. The Labute approximate surface area is 128 Å². The molecule has 0 aromatic heterocycles. The molecular formula is C12H13BrINO3. The number of rotatable bonds is 3. The summed E-state index contributed by atoms with van der Waals surface area (Å²) >= 11 is 5.56. The molecule has 0 aliphatic carbocycles. The minimum atomic E-state index is -0.102. The first-order valence-electron chi connectivity index (χ1n) is 5.59. The summed E-state index contributed by atoms with van der Waals surface area (Å²) in [6, 6.07) is 5.66. The van der Waals surface area contributed by atoms with Crippen LogP contribution in [0.5, 0.6) is 0 Å². The van der Waals surface area contributed by atoms with E-state index < -0.39 is 0 Å². The predicted molar refractivity (Wildman–Crippen MR) is 79.8 cm³/mol. The SMILES string of the molecule is O=C(NCC1COCCO1)c1cc(I)ccc1Br. The van der Waals surface area contributed by atoms with Crippen LogP contribution in [0.15, 0.2) is 22.7 Å². The molecule has 6 heteroatoms. The average molecular weight is 426 g/mol. The van der Waals surface area contributed by atoms with E-state index in [0.717, 1.165) is 8.04 Å². The van der Waals surface area contributed by atoms with Crippen LogP contribution in [0, 0.1) is 3.57 Å². The zero-order chi connectivity index (χ0) is 13.0. The van der Waals surface area contributed by atoms with Gasteiger partial charge in [0.1, 0.15) is 0 Å². The van der Waals surface area contributed by atoms with Crippen molar-refractivity contribution in [1.82, 2.24) is 5.32 Å². The van der Waals surface area contributed by atoms with Crippen molar-refractivity contribution in [1.29, 1.82) is 0 Å². The summed E-state index contributed by atoms with van der Waals surface area (Å²) in [5.74, 6) is -0.102. The zero-order valence-electron chi connectivity index (χ0n) is 9.62. The van der Waals surface area contributed by atoms with Gasteiger partial charge in [0, 0.05) is 14.6 Å². The number of carbonyl (C=O) groups excluding carboxylic acids is 1. The van der Waals surface area contributed by atoms with Crippen molar-refractivity contribution >= 4 is 44.4 Å². The molecule has 1 atom stereocenters. The van der Waals surface area contributed by atoms with E-state index in [9.17, 15) is 4.79 Å². The van der Waals surface area contributed by atoms with E-state index in [1.54, 1.807) is 0 Å². The third-order valence-electron chi connectivity index (χ3n) is 2.55. The Bertz CT molecular complexity index is 435. The lowest BCUT2D eigenvalue weighted by Crippen LogP contribution is -2.39. The van der Waals surface area contributed by atoms with Crippen molar-refractivity contribution in [2.45, 2.75) is 6.10 Å². The Hall–Kier alpha value is -0.180.